The predicted molar refractivity (Wildman–Crippen MR) is 129 cm³/mol. The summed E-state index contributed by atoms with van der Waals surface area (Å²) < 4.78 is -0.271. The number of Topliss-reactive ketones (excluding diaryl/α,β-unsaturated/α-hetero) is 1. The van der Waals surface area contributed by atoms with Crippen LogP contribution in [0.1, 0.15) is 16.8 Å². The van der Waals surface area contributed by atoms with E-state index in [0.717, 1.165) is 33.2 Å². The van der Waals surface area contributed by atoms with Crippen LogP contribution < -0.4 is 11.5 Å². The number of carbonyl (C=O) groups is 1. The average Bonchev–Trinajstić information content (AvgIpc) is 2.78. The van der Waals surface area contributed by atoms with Crippen molar-refractivity contribution in [1.82, 2.24) is 0 Å². The second-order valence-electron chi connectivity index (χ2n) is 7.05. The van der Waals surface area contributed by atoms with Crippen LogP contribution >= 0.6 is 23.5 Å². The number of hydrogen-bond donors (Lipinski definition) is 2. The van der Waals surface area contributed by atoms with Gasteiger partial charge in [0.25, 0.3) is 0 Å². The lowest BCUT2D eigenvalue weighted by Crippen LogP contribution is -2.20. The Balaban J connectivity index is 1.60. The molecular weight excluding hydrogens is 408 g/mol. The van der Waals surface area contributed by atoms with Crippen molar-refractivity contribution >= 4 is 40.7 Å². The average molecular weight is 431 g/mol. The molecule has 3 aromatic carbocycles. The smallest absolute Gasteiger partial charge is 0.192 e. The summed E-state index contributed by atoms with van der Waals surface area (Å²) in [7, 11) is 0. The number of allylic oxidation sites excluding steroid dienone is 3. The number of ketones is 1. The molecule has 0 amide bonds. The molecule has 0 atom stereocenters. The first-order valence-electron chi connectivity index (χ1n) is 9.61. The van der Waals surface area contributed by atoms with Crippen LogP contribution in [0.4, 0.5) is 11.4 Å². The van der Waals surface area contributed by atoms with E-state index in [1.54, 1.807) is 23.5 Å². The molecule has 0 saturated carbocycles. The van der Waals surface area contributed by atoms with E-state index in [2.05, 4.69) is 6.08 Å². The van der Waals surface area contributed by atoms with E-state index in [0.29, 0.717) is 5.56 Å². The maximum absolute atomic E-state index is 12.8. The van der Waals surface area contributed by atoms with Crippen LogP contribution in [0.3, 0.4) is 0 Å². The van der Waals surface area contributed by atoms with Crippen LogP contribution in [0.25, 0.3) is 0 Å². The van der Waals surface area contributed by atoms with E-state index < -0.39 is 0 Å². The lowest BCUT2D eigenvalue weighted by Gasteiger charge is -2.31. The third kappa shape index (κ3) is 4.81. The first-order chi connectivity index (χ1) is 14.5. The summed E-state index contributed by atoms with van der Waals surface area (Å²) in [6, 6.07) is 25.2. The topological polar surface area (TPSA) is 69.1 Å². The van der Waals surface area contributed by atoms with E-state index in [9.17, 15) is 4.79 Å². The Bertz CT molecular complexity index is 1040. The summed E-state index contributed by atoms with van der Waals surface area (Å²) in [6.07, 6.45) is 6.87. The molecule has 0 bridgehead atoms. The highest BCUT2D eigenvalue weighted by Crippen LogP contribution is 2.51. The van der Waals surface area contributed by atoms with Gasteiger partial charge in [-0.05, 0) is 55.0 Å². The molecule has 4 N–H and O–H groups in total. The molecule has 0 radical (unpaired) electrons. The number of hydrogen-bond acceptors (Lipinski definition) is 5. The Kier molecular flexibility index (Phi) is 6.02. The molecule has 5 heteroatoms. The van der Waals surface area contributed by atoms with Gasteiger partial charge in [-0.3, -0.25) is 4.79 Å². The molecule has 0 aliphatic heterocycles. The molecule has 0 heterocycles. The second kappa shape index (κ2) is 8.86. The van der Waals surface area contributed by atoms with Gasteiger partial charge < -0.3 is 11.5 Å². The van der Waals surface area contributed by atoms with Crippen molar-refractivity contribution < 1.29 is 4.79 Å². The summed E-state index contributed by atoms with van der Waals surface area (Å²) in [6.45, 7) is 0. The Morgan fingerprint density at radius 1 is 0.767 bits per heavy atom. The molecule has 1 aliphatic carbocycles. The molecule has 0 saturated heterocycles. The minimum Gasteiger partial charge on any atom is -0.399 e. The van der Waals surface area contributed by atoms with Crippen molar-refractivity contribution in [1.29, 1.82) is 0 Å². The SMILES string of the molecule is Nc1ccc(SC2(Sc3ccc(N)cc3)C=CC(C(=O)c3ccccc3)=CC2)cc1. The van der Waals surface area contributed by atoms with Crippen LogP contribution in [0.15, 0.2) is 112 Å². The summed E-state index contributed by atoms with van der Waals surface area (Å²) in [4.78, 5) is 15.1. The fraction of sp³-hybridized carbons (Fsp3) is 0.0800. The van der Waals surface area contributed by atoms with E-state index >= 15 is 0 Å². The number of thioether (sulfide) groups is 2. The number of nitrogens with two attached hydrogens (primary N) is 2. The first-order valence-corrected chi connectivity index (χ1v) is 11.2. The third-order valence-corrected chi connectivity index (χ3v) is 7.58. The van der Waals surface area contributed by atoms with Gasteiger partial charge in [-0.25, -0.2) is 0 Å². The molecule has 0 fully saturated rings. The molecule has 3 aromatic rings. The highest BCUT2D eigenvalue weighted by Gasteiger charge is 2.32. The van der Waals surface area contributed by atoms with Crippen molar-refractivity contribution in [3.05, 3.63) is 108 Å². The largest absolute Gasteiger partial charge is 0.399 e. The third-order valence-electron chi connectivity index (χ3n) is 4.76. The van der Waals surface area contributed by atoms with Gasteiger partial charge in [-0.2, -0.15) is 0 Å². The second-order valence-corrected chi connectivity index (χ2v) is 10.1. The maximum Gasteiger partial charge on any atom is 0.192 e. The number of anilines is 2. The molecule has 4 rings (SSSR count). The highest BCUT2D eigenvalue weighted by molar-refractivity contribution is 8.18. The lowest BCUT2D eigenvalue weighted by molar-refractivity contribution is 0.103. The van der Waals surface area contributed by atoms with Crippen molar-refractivity contribution in [3.63, 3.8) is 0 Å². The predicted octanol–water partition coefficient (Wildman–Crippen LogP) is 6.20. The van der Waals surface area contributed by atoms with Crippen molar-refractivity contribution in [2.45, 2.75) is 20.3 Å². The zero-order valence-electron chi connectivity index (χ0n) is 16.3. The summed E-state index contributed by atoms with van der Waals surface area (Å²) in [5, 5.41) is 0. The summed E-state index contributed by atoms with van der Waals surface area (Å²) in [5.74, 6) is 0.0513. The normalized spacial score (nSPS) is 14.9. The number of rotatable bonds is 6. The van der Waals surface area contributed by atoms with Crippen LogP contribution in [0, 0.1) is 0 Å². The molecule has 3 nitrogen and oxygen atoms in total. The molecule has 0 aromatic heterocycles. The molecule has 150 valence electrons. The summed E-state index contributed by atoms with van der Waals surface area (Å²) in [5.41, 5.74) is 14.6. The zero-order chi connectivity index (χ0) is 21.0. The van der Waals surface area contributed by atoms with Gasteiger partial charge in [0.1, 0.15) is 0 Å². The first kappa shape index (κ1) is 20.4. The number of carbonyl (C=O) groups excluding carboxylic acids is 1. The van der Waals surface area contributed by atoms with Gasteiger partial charge in [0.15, 0.2) is 5.78 Å². The van der Waals surface area contributed by atoms with E-state index in [-0.39, 0.29) is 9.86 Å². The fourth-order valence-electron chi connectivity index (χ4n) is 3.17. The minimum absolute atomic E-state index is 0.0513. The van der Waals surface area contributed by atoms with Gasteiger partial charge in [0.05, 0.1) is 4.08 Å². The maximum atomic E-state index is 12.8. The Labute approximate surface area is 185 Å². The highest BCUT2D eigenvalue weighted by atomic mass is 32.2. The summed E-state index contributed by atoms with van der Waals surface area (Å²) >= 11 is 3.53. The fourth-order valence-corrected chi connectivity index (χ4v) is 5.86. The van der Waals surface area contributed by atoms with Crippen LogP contribution in [-0.2, 0) is 0 Å². The van der Waals surface area contributed by atoms with E-state index in [1.807, 2.05) is 91.0 Å². The van der Waals surface area contributed by atoms with Crippen LogP contribution in [0.2, 0.25) is 0 Å². The van der Waals surface area contributed by atoms with E-state index in [4.69, 9.17) is 11.5 Å². The van der Waals surface area contributed by atoms with Gasteiger partial charge >= 0.3 is 0 Å². The molecule has 1 aliphatic rings. The Morgan fingerprint density at radius 2 is 1.30 bits per heavy atom. The molecule has 0 unspecified atom stereocenters. The van der Waals surface area contributed by atoms with E-state index in [1.165, 1.54) is 0 Å². The van der Waals surface area contributed by atoms with Crippen molar-refractivity contribution in [3.8, 4) is 0 Å². The standard InChI is InChI=1S/C25H22N2OS2/c26-20-6-10-22(11-7-20)29-25(30-23-12-8-21(27)9-13-23)16-14-19(15-17-25)24(28)18-4-2-1-3-5-18/h1-16H,17,26-27H2. The van der Waals surface area contributed by atoms with Crippen LogP contribution in [-0.4, -0.2) is 9.86 Å². The molecular formula is C25H22N2OS2. The molecule has 0 spiro atoms. The minimum atomic E-state index is -0.271. The Morgan fingerprint density at radius 3 is 1.77 bits per heavy atom. The number of nitrogen functional groups attached to an aromatic ring is 2. The quantitative estimate of drug-likeness (QED) is 0.277. The van der Waals surface area contributed by atoms with Crippen LogP contribution in [0.5, 0.6) is 0 Å². The van der Waals surface area contributed by atoms with Crippen molar-refractivity contribution in [2.75, 3.05) is 11.5 Å². The Hall–Kier alpha value is -2.89. The van der Waals surface area contributed by atoms with Crippen molar-refractivity contribution in [2.24, 2.45) is 0 Å². The van der Waals surface area contributed by atoms with Gasteiger partial charge in [0.2, 0.25) is 0 Å². The monoisotopic (exact) mass is 430 g/mol. The van der Waals surface area contributed by atoms with Gasteiger partial charge in [-0.15, -0.1) is 23.5 Å². The molecule has 30 heavy (non-hydrogen) atoms. The lowest BCUT2D eigenvalue weighted by atomic mass is 9.98. The zero-order valence-corrected chi connectivity index (χ0v) is 18.0. The van der Waals surface area contributed by atoms with Gasteiger partial charge in [-0.1, -0.05) is 48.6 Å². The number of benzene rings is 3. The van der Waals surface area contributed by atoms with Gasteiger partial charge in [0, 0.05) is 32.3 Å².